The van der Waals surface area contributed by atoms with Crippen LogP contribution in [0.2, 0.25) is 0 Å². The number of aromatic nitrogens is 2. The molecule has 4 rings (SSSR count). The Morgan fingerprint density at radius 1 is 1.23 bits per heavy atom. The molecule has 0 N–H and O–H groups in total. The van der Waals surface area contributed by atoms with Crippen molar-refractivity contribution in [1.29, 1.82) is 0 Å². The zero-order chi connectivity index (χ0) is 18.1. The van der Waals surface area contributed by atoms with E-state index < -0.39 is 0 Å². The minimum Gasteiger partial charge on any atom is -0.322 e. The van der Waals surface area contributed by atoms with Crippen LogP contribution in [0.25, 0.3) is 11.0 Å². The van der Waals surface area contributed by atoms with Gasteiger partial charge < -0.3 is 9.47 Å². The Kier molecular flexibility index (Phi) is 4.96. The van der Waals surface area contributed by atoms with Gasteiger partial charge >= 0.3 is 0 Å². The first-order valence-corrected chi connectivity index (χ1v) is 10.6. The molecule has 0 saturated carbocycles. The molecule has 1 aromatic heterocycles. The molecule has 26 heavy (non-hydrogen) atoms. The van der Waals surface area contributed by atoms with Gasteiger partial charge in [0.05, 0.1) is 22.5 Å². The molecule has 0 saturated heterocycles. The molecule has 1 atom stereocenters. The van der Waals surface area contributed by atoms with Gasteiger partial charge in [0.15, 0.2) is 5.16 Å². The molecular weight excluding hydrogens is 362 g/mol. The molecule has 4 nitrogen and oxygen atoms in total. The number of para-hydroxylation sites is 3. The minimum atomic E-state index is 0.143. The highest BCUT2D eigenvalue weighted by Gasteiger charge is 2.24. The smallest absolute Gasteiger partial charge is 0.237 e. The highest BCUT2D eigenvalue weighted by atomic mass is 32.2. The van der Waals surface area contributed by atoms with Crippen molar-refractivity contribution in [3.8, 4) is 0 Å². The van der Waals surface area contributed by atoms with E-state index in [9.17, 15) is 4.79 Å². The number of fused-ring (bicyclic) bond motifs is 2. The third-order valence-corrected chi connectivity index (χ3v) is 6.87. The third-order valence-electron chi connectivity index (χ3n) is 4.62. The summed E-state index contributed by atoms with van der Waals surface area (Å²) in [7, 11) is 2.00. The standard InChI is InChI=1S/C20H21N3OS2/c1-14-11-12-23(17-9-5-6-10-18(17)26-14)19(24)13-25-20-21-15-7-3-4-8-16(15)22(20)2/h3-10,14H,11-13H2,1-2H3. The highest BCUT2D eigenvalue weighted by Crippen LogP contribution is 2.37. The molecule has 0 fully saturated rings. The number of hydrogen-bond acceptors (Lipinski definition) is 4. The molecular formula is C20H21N3OS2. The van der Waals surface area contributed by atoms with E-state index in [1.165, 1.54) is 16.7 Å². The maximum Gasteiger partial charge on any atom is 0.237 e. The maximum atomic E-state index is 13.0. The SMILES string of the molecule is CC1CCN(C(=O)CSc2nc3ccccc3n2C)c2ccccc2S1. The van der Waals surface area contributed by atoms with Crippen molar-refractivity contribution in [2.75, 3.05) is 17.2 Å². The average molecular weight is 384 g/mol. The molecule has 2 heterocycles. The van der Waals surface area contributed by atoms with E-state index in [0.29, 0.717) is 11.0 Å². The van der Waals surface area contributed by atoms with Gasteiger partial charge in [-0.25, -0.2) is 4.98 Å². The van der Waals surface area contributed by atoms with Gasteiger partial charge in [-0.15, -0.1) is 11.8 Å². The van der Waals surface area contributed by atoms with Crippen molar-refractivity contribution in [3.05, 3.63) is 48.5 Å². The van der Waals surface area contributed by atoms with E-state index in [4.69, 9.17) is 0 Å². The number of benzene rings is 2. The summed E-state index contributed by atoms with van der Waals surface area (Å²) in [6, 6.07) is 16.3. The molecule has 1 amide bonds. The summed E-state index contributed by atoms with van der Waals surface area (Å²) in [5.74, 6) is 0.536. The molecule has 1 aliphatic rings. The molecule has 1 aliphatic heterocycles. The lowest BCUT2D eigenvalue weighted by atomic mass is 10.2. The second-order valence-corrected chi connectivity index (χ2v) is 8.88. The monoisotopic (exact) mass is 383 g/mol. The van der Waals surface area contributed by atoms with Crippen LogP contribution in [0.5, 0.6) is 0 Å². The first kappa shape index (κ1) is 17.5. The Labute approximate surface area is 162 Å². The summed E-state index contributed by atoms with van der Waals surface area (Å²) in [4.78, 5) is 20.8. The number of aryl methyl sites for hydroxylation is 1. The van der Waals surface area contributed by atoms with Crippen LogP contribution in [-0.4, -0.2) is 33.0 Å². The zero-order valence-electron chi connectivity index (χ0n) is 14.9. The molecule has 0 aliphatic carbocycles. The zero-order valence-corrected chi connectivity index (χ0v) is 16.5. The minimum absolute atomic E-state index is 0.143. The van der Waals surface area contributed by atoms with Crippen LogP contribution in [0.1, 0.15) is 13.3 Å². The first-order valence-electron chi connectivity index (χ1n) is 8.74. The van der Waals surface area contributed by atoms with Crippen LogP contribution in [-0.2, 0) is 11.8 Å². The second kappa shape index (κ2) is 7.37. The summed E-state index contributed by atoms with van der Waals surface area (Å²) in [5, 5.41) is 1.40. The van der Waals surface area contributed by atoms with Crippen molar-refractivity contribution in [1.82, 2.24) is 9.55 Å². The summed E-state index contributed by atoms with van der Waals surface area (Å²) in [6.07, 6.45) is 1.00. The van der Waals surface area contributed by atoms with Crippen LogP contribution < -0.4 is 4.90 Å². The number of carbonyl (C=O) groups is 1. The molecule has 0 bridgehead atoms. The van der Waals surface area contributed by atoms with Crippen molar-refractivity contribution in [2.45, 2.75) is 28.6 Å². The number of amides is 1. The van der Waals surface area contributed by atoms with Gasteiger partial charge in [0.1, 0.15) is 0 Å². The average Bonchev–Trinajstić information content (AvgIpc) is 2.86. The Bertz CT molecular complexity index is 953. The molecule has 3 aromatic rings. The number of hydrogen-bond donors (Lipinski definition) is 0. The molecule has 0 spiro atoms. The summed E-state index contributed by atoms with van der Waals surface area (Å²) in [6.45, 7) is 3.00. The Balaban J connectivity index is 1.53. The largest absolute Gasteiger partial charge is 0.322 e. The van der Waals surface area contributed by atoms with Crippen LogP contribution in [0.4, 0.5) is 5.69 Å². The van der Waals surface area contributed by atoms with Crippen LogP contribution in [0.3, 0.4) is 0 Å². The van der Waals surface area contributed by atoms with Crippen LogP contribution in [0, 0.1) is 0 Å². The molecule has 134 valence electrons. The van der Waals surface area contributed by atoms with Gasteiger partial charge in [0, 0.05) is 23.7 Å². The highest BCUT2D eigenvalue weighted by molar-refractivity contribution is 8.00. The fraction of sp³-hybridized carbons (Fsp3) is 0.300. The quantitative estimate of drug-likeness (QED) is 0.621. The Hall–Kier alpha value is -1.92. The number of thioether (sulfide) groups is 2. The predicted molar refractivity (Wildman–Crippen MR) is 110 cm³/mol. The lowest BCUT2D eigenvalue weighted by Crippen LogP contribution is -2.33. The van der Waals surface area contributed by atoms with E-state index in [0.717, 1.165) is 34.8 Å². The molecule has 1 unspecified atom stereocenters. The normalized spacial score (nSPS) is 17.2. The number of nitrogens with zero attached hydrogens (tertiary/aromatic N) is 3. The van der Waals surface area contributed by atoms with E-state index in [1.54, 1.807) is 0 Å². The number of rotatable bonds is 3. The van der Waals surface area contributed by atoms with Crippen LogP contribution in [0.15, 0.2) is 58.6 Å². The van der Waals surface area contributed by atoms with E-state index in [1.807, 2.05) is 54.0 Å². The van der Waals surface area contributed by atoms with Crippen molar-refractivity contribution >= 4 is 46.2 Å². The maximum absolute atomic E-state index is 13.0. The molecule has 6 heteroatoms. The van der Waals surface area contributed by atoms with Crippen molar-refractivity contribution in [3.63, 3.8) is 0 Å². The summed E-state index contributed by atoms with van der Waals surface area (Å²) >= 11 is 3.37. The van der Waals surface area contributed by atoms with Gasteiger partial charge in [0.25, 0.3) is 0 Å². The first-order chi connectivity index (χ1) is 12.6. The van der Waals surface area contributed by atoms with Gasteiger partial charge in [-0.1, -0.05) is 43.0 Å². The second-order valence-electron chi connectivity index (χ2n) is 6.46. The molecule has 0 radical (unpaired) electrons. The third kappa shape index (κ3) is 3.35. The van der Waals surface area contributed by atoms with Crippen molar-refractivity contribution < 1.29 is 4.79 Å². The number of carbonyl (C=O) groups excluding carboxylic acids is 1. The number of imidazole rings is 1. The Morgan fingerprint density at radius 3 is 2.85 bits per heavy atom. The fourth-order valence-corrected chi connectivity index (χ4v) is 5.18. The molecule has 2 aromatic carbocycles. The Morgan fingerprint density at radius 2 is 2.00 bits per heavy atom. The van der Waals surface area contributed by atoms with Gasteiger partial charge in [-0.3, -0.25) is 4.79 Å². The van der Waals surface area contributed by atoms with E-state index in [-0.39, 0.29) is 5.91 Å². The van der Waals surface area contributed by atoms with Gasteiger partial charge in [-0.2, -0.15) is 0 Å². The van der Waals surface area contributed by atoms with Gasteiger partial charge in [-0.05, 0) is 30.7 Å². The van der Waals surface area contributed by atoms with E-state index >= 15 is 0 Å². The van der Waals surface area contributed by atoms with Crippen LogP contribution >= 0.6 is 23.5 Å². The van der Waals surface area contributed by atoms with E-state index in [2.05, 4.69) is 34.7 Å². The summed E-state index contributed by atoms with van der Waals surface area (Å²) < 4.78 is 2.06. The van der Waals surface area contributed by atoms with Gasteiger partial charge in [0.2, 0.25) is 5.91 Å². The lowest BCUT2D eigenvalue weighted by Gasteiger charge is -2.22. The predicted octanol–water partition coefficient (Wildman–Crippen LogP) is 4.58. The van der Waals surface area contributed by atoms with Crippen molar-refractivity contribution in [2.24, 2.45) is 7.05 Å². The fourth-order valence-electron chi connectivity index (χ4n) is 3.20. The number of anilines is 1. The summed E-state index contributed by atoms with van der Waals surface area (Å²) in [5.41, 5.74) is 3.10. The topological polar surface area (TPSA) is 38.1 Å². The lowest BCUT2D eigenvalue weighted by molar-refractivity contribution is -0.116.